The zero-order chi connectivity index (χ0) is 14.3. The van der Waals surface area contributed by atoms with Crippen molar-refractivity contribution in [2.75, 3.05) is 13.1 Å². The summed E-state index contributed by atoms with van der Waals surface area (Å²) in [5.74, 6) is -0.303. The molecule has 0 aromatic heterocycles. The molecule has 2 N–H and O–H groups in total. The highest BCUT2D eigenvalue weighted by molar-refractivity contribution is 5.97. The van der Waals surface area contributed by atoms with Crippen LogP contribution in [0.15, 0.2) is 18.2 Å². The van der Waals surface area contributed by atoms with Crippen molar-refractivity contribution in [2.24, 2.45) is 0 Å². The molecule has 0 aliphatic rings. The van der Waals surface area contributed by atoms with Crippen molar-refractivity contribution in [2.45, 2.75) is 39.5 Å². The van der Waals surface area contributed by atoms with Gasteiger partial charge in [0.15, 0.2) is 0 Å². The maximum absolute atomic E-state index is 12.4. The molecule has 106 valence electrons. The van der Waals surface area contributed by atoms with E-state index >= 15 is 0 Å². The van der Waals surface area contributed by atoms with E-state index < -0.39 is 0 Å². The number of phenolic OH excluding ortho intramolecular Hbond substituents is 2. The minimum absolute atomic E-state index is 0.00733. The van der Waals surface area contributed by atoms with E-state index in [0.717, 1.165) is 25.7 Å². The number of amides is 1. The molecule has 19 heavy (non-hydrogen) atoms. The molecule has 1 aromatic carbocycles. The smallest absolute Gasteiger partial charge is 0.257 e. The van der Waals surface area contributed by atoms with Gasteiger partial charge in [-0.3, -0.25) is 4.79 Å². The Balaban J connectivity index is 2.87. The van der Waals surface area contributed by atoms with Crippen molar-refractivity contribution >= 4 is 5.91 Å². The van der Waals surface area contributed by atoms with Crippen molar-refractivity contribution in [1.82, 2.24) is 4.90 Å². The maximum atomic E-state index is 12.4. The lowest BCUT2D eigenvalue weighted by Crippen LogP contribution is -2.33. The van der Waals surface area contributed by atoms with Gasteiger partial charge in [-0.15, -0.1) is 0 Å². The van der Waals surface area contributed by atoms with Crippen LogP contribution in [0.5, 0.6) is 11.5 Å². The van der Waals surface area contributed by atoms with E-state index in [1.807, 2.05) is 0 Å². The van der Waals surface area contributed by atoms with Gasteiger partial charge in [-0.2, -0.15) is 0 Å². The second-order valence-corrected chi connectivity index (χ2v) is 4.70. The summed E-state index contributed by atoms with van der Waals surface area (Å²) in [6.07, 6.45) is 3.91. The summed E-state index contributed by atoms with van der Waals surface area (Å²) in [5.41, 5.74) is 0.173. The first-order valence-electron chi connectivity index (χ1n) is 6.91. The molecule has 0 unspecified atom stereocenters. The average Bonchev–Trinajstić information content (AvgIpc) is 2.41. The Morgan fingerprint density at radius 3 is 2.21 bits per heavy atom. The van der Waals surface area contributed by atoms with E-state index in [4.69, 9.17) is 0 Å². The van der Waals surface area contributed by atoms with Gasteiger partial charge in [0.25, 0.3) is 5.91 Å². The van der Waals surface area contributed by atoms with Crippen molar-refractivity contribution in [3.05, 3.63) is 23.8 Å². The van der Waals surface area contributed by atoms with Gasteiger partial charge in [0.05, 0.1) is 5.56 Å². The van der Waals surface area contributed by atoms with E-state index in [-0.39, 0.29) is 23.0 Å². The van der Waals surface area contributed by atoms with Gasteiger partial charge in [0.1, 0.15) is 11.5 Å². The summed E-state index contributed by atoms with van der Waals surface area (Å²) in [6, 6.07) is 4.04. The van der Waals surface area contributed by atoms with Crippen LogP contribution in [0.2, 0.25) is 0 Å². The van der Waals surface area contributed by atoms with Crippen LogP contribution in [-0.4, -0.2) is 34.1 Å². The van der Waals surface area contributed by atoms with Gasteiger partial charge < -0.3 is 15.1 Å². The molecule has 4 nitrogen and oxygen atoms in total. The van der Waals surface area contributed by atoms with Gasteiger partial charge in [-0.25, -0.2) is 0 Å². The predicted molar refractivity (Wildman–Crippen MR) is 75.5 cm³/mol. The Morgan fingerprint density at radius 1 is 1.11 bits per heavy atom. The predicted octanol–water partition coefficient (Wildman–Crippen LogP) is 3.14. The van der Waals surface area contributed by atoms with Crippen LogP contribution in [0.1, 0.15) is 49.9 Å². The fourth-order valence-corrected chi connectivity index (χ4v) is 1.88. The zero-order valence-electron chi connectivity index (χ0n) is 11.7. The molecule has 0 aliphatic heterocycles. The number of hydrogen-bond donors (Lipinski definition) is 2. The highest BCUT2D eigenvalue weighted by atomic mass is 16.3. The molecule has 0 spiro atoms. The quantitative estimate of drug-likeness (QED) is 0.744. The summed E-state index contributed by atoms with van der Waals surface area (Å²) < 4.78 is 0. The summed E-state index contributed by atoms with van der Waals surface area (Å²) >= 11 is 0. The van der Waals surface area contributed by atoms with Crippen LogP contribution >= 0.6 is 0 Å². The SMILES string of the molecule is CCCCN(CCCC)C(=O)c1cc(O)ccc1O. The standard InChI is InChI=1S/C15H23NO3/c1-3-5-9-16(10-6-4-2)15(19)13-11-12(17)7-8-14(13)18/h7-8,11,17-18H,3-6,9-10H2,1-2H3. The second kappa shape index (κ2) is 7.67. The van der Waals surface area contributed by atoms with Crippen molar-refractivity contribution in [1.29, 1.82) is 0 Å². The number of carbonyl (C=O) groups excluding carboxylic acids is 1. The lowest BCUT2D eigenvalue weighted by atomic mass is 10.1. The number of carbonyl (C=O) groups is 1. The molecule has 1 amide bonds. The molecule has 0 saturated heterocycles. The number of phenols is 2. The number of nitrogens with zero attached hydrogens (tertiary/aromatic N) is 1. The highest BCUT2D eigenvalue weighted by Gasteiger charge is 2.18. The molecule has 0 heterocycles. The number of unbranched alkanes of at least 4 members (excludes halogenated alkanes) is 2. The molecule has 4 heteroatoms. The first-order valence-corrected chi connectivity index (χ1v) is 6.91. The fourth-order valence-electron chi connectivity index (χ4n) is 1.88. The molecule has 0 radical (unpaired) electrons. The molecule has 0 aliphatic carbocycles. The van der Waals surface area contributed by atoms with Crippen molar-refractivity contribution in [3.63, 3.8) is 0 Å². The van der Waals surface area contributed by atoms with Crippen LogP contribution in [0.4, 0.5) is 0 Å². The Morgan fingerprint density at radius 2 is 1.68 bits per heavy atom. The van der Waals surface area contributed by atoms with Gasteiger partial charge in [0.2, 0.25) is 0 Å². The second-order valence-electron chi connectivity index (χ2n) is 4.70. The van der Waals surface area contributed by atoms with E-state index in [1.165, 1.54) is 18.2 Å². The van der Waals surface area contributed by atoms with Crippen LogP contribution in [-0.2, 0) is 0 Å². The number of aromatic hydroxyl groups is 2. The van der Waals surface area contributed by atoms with Crippen LogP contribution in [0.25, 0.3) is 0 Å². The maximum Gasteiger partial charge on any atom is 0.257 e. The van der Waals surface area contributed by atoms with Gasteiger partial charge in [0, 0.05) is 13.1 Å². The van der Waals surface area contributed by atoms with Gasteiger partial charge >= 0.3 is 0 Å². The molecule has 0 fully saturated rings. The minimum Gasteiger partial charge on any atom is -0.508 e. The largest absolute Gasteiger partial charge is 0.508 e. The summed E-state index contributed by atoms with van der Waals surface area (Å²) in [6.45, 7) is 5.53. The van der Waals surface area contributed by atoms with E-state index in [1.54, 1.807) is 4.90 Å². The molecule has 1 rings (SSSR count). The Kier molecular flexibility index (Phi) is 6.19. The van der Waals surface area contributed by atoms with Crippen LogP contribution in [0.3, 0.4) is 0 Å². The fraction of sp³-hybridized carbons (Fsp3) is 0.533. The molecule has 0 saturated carbocycles. The van der Waals surface area contributed by atoms with Crippen LogP contribution < -0.4 is 0 Å². The van der Waals surface area contributed by atoms with E-state index in [9.17, 15) is 15.0 Å². The number of rotatable bonds is 7. The average molecular weight is 265 g/mol. The molecule has 0 bridgehead atoms. The summed E-state index contributed by atoms with van der Waals surface area (Å²) in [4.78, 5) is 14.1. The number of hydrogen-bond acceptors (Lipinski definition) is 3. The van der Waals surface area contributed by atoms with E-state index in [0.29, 0.717) is 13.1 Å². The Bertz CT molecular complexity index is 410. The van der Waals surface area contributed by atoms with Crippen molar-refractivity contribution in [3.8, 4) is 11.5 Å². The first kappa shape index (κ1) is 15.3. The minimum atomic E-state index is -0.213. The van der Waals surface area contributed by atoms with Crippen LogP contribution in [0, 0.1) is 0 Å². The van der Waals surface area contributed by atoms with E-state index in [2.05, 4.69) is 13.8 Å². The summed E-state index contributed by atoms with van der Waals surface area (Å²) in [7, 11) is 0. The molecular weight excluding hydrogens is 242 g/mol. The Hall–Kier alpha value is -1.71. The third-order valence-electron chi connectivity index (χ3n) is 3.06. The molecular formula is C15H23NO3. The lowest BCUT2D eigenvalue weighted by Gasteiger charge is -2.23. The zero-order valence-corrected chi connectivity index (χ0v) is 11.7. The topological polar surface area (TPSA) is 60.8 Å². The van der Waals surface area contributed by atoms with Crippen molar-refractivity contribution < 1.29 is 15.0 Å². The number of benzene rings is 1. The third-order valence-corrected chi connectivity index (χ3v) is 3.06. The lowest BCUT2D eigenvalue weighted by molar-refractivity contribution is 0.0747. The third kappa shape index (κ3) is 4.47. The highest BCUT2D eigenvalue weighted by Crippen LogP contribution is 2.23. The Labute approximate surface area is 114 Å². The molecule has 1 aromatic rings. The summed E-state index contributed by atoms with van der Waals surface area (Å²) in [5, 5.41) is 19.2. The van der Waals surface area contributed by atoms with Gasteiger partial charge in [-0.1, -0.05) is 26.7 Å². The normalized spacial score (nSPS) is 10.4. The van der Waals surface area contributed by atoms with Gasteiger partial charge in [-0.05, 0) is 31.0 Å². The first-order chi connectivity index (χ1) is 9.10. The molecule has 0 atom stereocenters. The monoisotopic (exact) mass is 265 g/mol.